The first-order chi connectivity index (χ1) is 10.6. The second-order valence-electron chi connectivity index (χ2n) is 4.30. The van der Waals surface area contributed by atoms with Gasteiger partial charge in [0.2, 0.25) is 5.91 Å². The molecule has 0 aliphatic carbocycles. The number of amides is 2. The van der Waals surface area contributed by atoms with Gasteiger partial charge in [0.1, 0.15) is 13.1 Å². The average molecular weight is 285 g/mol. The third kappa shape index (κ3) is 4.35. The Morgan fingerprint density at radius 3 is 2.19 bits per heavy atom. The molecule has 0 spiro atoms. The predicted octanol–water partition coefficient (Wildman–Crippen LogP) is 2.32. The second kappa shape index (κ2) is 7.09. The number of hydrogen-bond acceptors (Lipinski definition) is 3. The number of carbonyl (C=O) groups is 2. The van der Waals surface area contributed by atoms with Crippen molar-refractivity contribution in [1.82, 2.24) is 0 Å². The zero-order valence-electron chi connectivity index (χ0n) is 12.3. The van der Waals surface area contributed by atoms with E-state index in [1.165, 1.54) is 0 Å². The largest absolute Gasteiger partial charge is 0.444 e. The van der Waals surface area contributed by atoms with Crippen LogP contribution in [-0.2, 0) is 16.1 Å². The molecule has 2 aromatic carbocycles. The van der Waals surface area contributed by atoms with E-state index in [1.807, 2.05) is 0 Å². The van der Waals surface area contributed by atoms with Crippen LogP contribution in [0.5, 0.6) is 0 Å². The van der Waals surface area contributed by atoms with Crippen molar-refractivity contribution in [2.45, 2.75) is 6.58 Å². The number of nitrogens with zero attached hydrogens (tertiary/aromatic N) is 1. The highest BCUT2D eigenvalue weighted by Gasteiger charge is 2.19. The smallest absolute Gasteiger partial charge is 0.415 e. The first kappa shape index (κ1) is 13.2. The first-order valence-corrected chi connectivity index (χ1v) is 6.36. The van der Waals surface area contributed by atoms with E-state index in [4.69, 9.17) is 11.8 Å². The van der Waals surface area contributed by atoms with Crippen LogP contribution in [-0.4, -0.2) is 18.5 Å². The number of rotatable bonds is 5. The van der Waals surface area contributed by atoms with E-state index in [2.05, 4.69) is 0 Å². The van der Waals surface area contributed by atoms with Gasteiger partial charge in [-0.2, -0.15) is 0 Å². The van der Waals surface area contributed by atoms with Crippen molar-refractivity contribution in [2.75, 3.05) is 11.4 Å². The van der Waals surface area contributed by atoms with Crippen molar-refractivity contribution in [3.8, 4) is 0 Å². The fraction of sp³-hybridized carbons (Fsp3) is 0.125. The highest BCUT2D eigenvalue weighted by atomic mass is 16.6. The number of hydrogen-bond donors (Lipinski definition) is 1. The molecule has 108 valence electrons. The maximum absolute atomic E-state index is 12.2. The number of benzene rings is 2. The Balaban J connectivity index is 2.14. The average Bonchev–Trinajstić information content (AvgIpc) is 2.54. The van der Waals surface area contributed by atoms with E-state index in [1.54, 1.807) is 60.7 Å². The summed E-state index contributed by atoms with van der Waals surface area (Å²) in [5.41, 5.74) is 6.20. The summed E-state index contributed by atoms with van der Waals surface area (Å²) in [5.74, 6) is -0.665. The first-order valence-electron chi connectivity index (χ1n) is 6.94. The Labute approximate surface area is 124 Å². The van der Waals surface area contributed by atoms with Crippen LogP contribution in [0.1, 0.15) is 6.93 Å². The summed E-state index contributed by atoms with van der Waals surface area (Å²) in [5, 5.41) is 0. The van der Waals surface area contributed by atoms with Gasteiger partial charge in [-0.25, -0.2) is 4.79 Å². The topological polar surface area (TPSA) is 72.6 Å². The van der Waals surface area contributed by atoms with Crippen LogP contribution in [0.4, 0.5) is 10.5 Å². The molecule has 5 heteroatoms. The highest BCUT2D eigenvalue weighted by Crippen LogP contribution is 2.15. The molecule has 5 nitrogen and oxygen atoms in total. The number of nitrogens with two attached hydrogens (primary N) is 1. The van der Waals surface area contributed by atoms with Crippen LogP contribution in [0.3, 0.4) is 0 Å². The Kier molecular flexibility index (Phi) is 4.45. The summed E-state index contributed by atoms with van der Waals surface area (Å²) in [6, 6.07) is 17.2. The summed E-state index contributed by atoms with van der Waals surface area (Å²) in [6.07, 6.45) is -0.797. The van der Waals surface area contributed by atoms with E-state index in [0.29, 0.717) is 11.3 Å². The molecule has 2 N–H and O–H groups in total. The van der Waals surface area contributed by atoms with Gasteiger partial charge in [-0.3, -0.25) is 9.69 Å². The molecule has 0 aromatic heterocycles. The van der Waals surface area contributed by atoms with Gasteiger partial charge in [-0.1, -0.05) is 48.5 Å². The minimum Gasteiger partial charge on any atom is -0.444 e. The standard InChI is InChI=1S/C16H16N2O3/c17-15(19)11-18(14-9-5-2-6-10-14)16(20)21-12-13-7-3-1-4-8-13/h1-10H,11-12H2,(H2,17,19)/i12D. The molecular weight excluding hydrogens is 268 g/mol. The molecule has 2 aromatic rings. The van der Waals surface area contributed by atoms with Crippen LogP contribution < -0.4 is 10.6 Å². The number of para-hydroxylation sites is 1. The lowest BCUT2D eigenvalue weighted by Crippen LogP contribution is -2.38. The molecule has 2 amide bonds. The third-order valence-corrected chi connectivity index (χ3v) is 2.70. The lowest BCUT2D eigenvalue weighted by atomic mass is 10.2. The molecule has 0 aliphatic heterocycles. The number of primary amides is 1. The lowest BCUT2D eigenvalue weighted by Gasteiger charge is -2.20. The molecule has 0 radical (unpaired) electrons. The van der Waals surface area contributed by atoms with E-state index in [0.717, 1.165) is 4.90 Å². The number of carbonyl (C=O) groups excluding carboxylic acids is 2. The fourth-order valence-corrected chi connectivity index (χ4v) is 1.74. The van der Waals surface area contributed by atoms with Gasteiger partial charge in [0.15, 0.2) is 0 Å². The lowest BCUT2D eigenvalue weighted by molar-refractivity contribution is -0.116. The SMILES string of the molecule is [2H]C(OC(=O)N(CC(N)=O)c1ccccc1)c1ccccc1. The minimum atomic E-state index is -1.17. The van der Waals surface area contributed by atoms with Crippen LogP contribution in [0.2, 0.25) is 0 Å². The third-order valence-electron chi connectivity index (χ3n) is 2.70. The van der Waals surface area contributed by atoms with E-state index in [-0.39, 0.29) is 6.54 Å². The molecule has 0 saturated carbocycles. The zero-order valence-corrected chi connectivity index (χ0v) is 11.3. The van der Waals surface area contributed by atoms with E-state index in [9.17, 15) is 9.59 Å². The molecule has 0 bridgehead atoms. The molecule has 0 saturated heterocycles. The van der Waals surface area contributed by atoms with Crippen molar-refractivity contribution >= 4 is 17.7 Å². The summed E-state index contributed by atoms with van der Waals surface area (Å²) in [4.78, 5) is 24.5. The van der Waals surface area contributed by atoms with Gasteiger partial charge >= 0.3 is 6.09 Å². The van der Waals surface area contributed by atoms with E-state index < -0.39 is 18.6 Å². The Morgan fingerprint density at radius 1 is 1.05 bits per heavy atom. The van der Waals surface area contributed by atoms with Crippen molar-refractivity contribution in [3.63, 3.8) is 0 Å². The van der Waals surface area contributed by atoms with Gasteiger partial charge in [0, 0.05) is 5.69 Å². The van der Waals surface area contributed by atoms with Gasteiger partial charge in [-0.05, 0) is 17.7 Å². The summed E-state index contributed by atoms with van der Waals surface area (Å²) >= 11 is 0. The summed E-state index contributed by atoms with van der Waals surface area (Å²) < 4.78 is 13.0. The van der Waals surface area contributed by atoms with Gasteiger partial charge in [-0.15, -0.1) is 0 Å². The molecule has 0 heterocycles. The number of ether oxygens (including phenoxy) is 1. The number of anilines is 1. The van der Waals surface area contributed by atoms with Crippen LogP contribution in [0.25, 0.3) is 0 Å². The van der Waals surface area contributed by atoms with Crippen LogP contribution >= 0.6 is 0 Å². The quantitative estimate of drug-likeness (QED) is 0.916. The Bertz CT molecular complexity index is 634. The zero-order chi connectivity index (χ0) is 15.9. The van der Waals surface area contributed by atoms with Crippen molar-refractivity contribution in [2.24, 2.45) is 5.73 Å². The van der Waals surface area contributed by atoms with Crippen molar-refractivity contribution in [3.05, 3.63) is 66.2 Å². The fourth-order valence-electron chi connectivity index (χ4n) is 1.74. The maximum atomic E-state index is 12.2. The molecule has 0 fully saturated rings. The highest BCUT2D eigenvalue weighted by molar-refractivity contribution is 5.94. The van der Waals surface area contributed by atoms with Gasteiger partial charge in [0.25, 0.3) is 0 Å². The van der Waals surface area contributed by atoms with Crippen molar-refractivity contribution in [1.29, 1.82) is 0 Å². The van der Waals surface area contributed by atoms with Crippen molar-refractivity contribution < 1.29 is 15.7 Å². The molecule has 0 aliphatic rings. The van der Waals surface area contributed by atoms with Crippen LogP contribution in [0, 0.1) is 0 Å². The molecule has 2 rings (SSSR count). The minimum absolute atomic E-state index is 0.315. The molecule has 1 unspecified atom stereocenters. The Hall–Kier alpha value is -2.82. The maximum Gasteiger partial charge on any atom is 0.415 e. The van der Waals surface area contributed by atoms with Crippen LogP contribution in [0.15, 0.2) is 60.7 Å². The van der Waals surface area contributed by atoms with Gasteiger partial charge in [0.05, 0.1) is 1.37 Å². The summed E-state index contributed by atoms with van der Waals surface area (Å²) in [6.45, 7) is -1.49. The van der Waals surface area contributed by atoms with E-state index >= 15 is 0 Å². The second-order valence-corrected chi connectivity index (χ2v) is 4.30. The Morgan fingerprint density at radius 2 is 1.62 bits per heavy atom. The molecule has 21 heavy (non-hydrogen) atoms. The molecule has 1 atom stereocenters. The monoisotopic (exact) mass is 285 g/mol. The molecular formula is C16H16N2O3. The summed E-state index contributed by atoms with van der Waals surface area (Å²) in [7, 11) is 0. The predicted molar refractivity (Wildman–Crippen MR) is 79.6 cm³/mol. The van der Waals surface area contributed by atoms with Gasteiger partial charge < -0.3 is 10.5 Å². The normalized spacial score (nSPS) is 12.1.